The molecule has 1 heterocycles. The van der Waals surface area contributed by atoms with E-state index in [0.29, 0.717) is 6.54 Å². The minimum Gasteiger partial charge on any atom is -0.389 e. The van der Waals surface area contributed by atoms with E-state index < -0.39 is 5.60 Å². The molecule has 5 heteroatoms. The van der Waals surface area contributed by atoms with Crippen molar-refractivity contribution in [3.8, 4) is 0 Å². The van der Waals surface area contributed by atoms with Gasteiger partial charge < -0.3 is 10.4 Å². The molecule has 1 aromatic heterocycles. The van der Waals surface area contributed by atoms with E-state index in [1.807, 2.05) is 18.5 Å². The van der Waals surface area contributed by atoms with Gasteiger partial charge in [0.15, 0.2) is 0 Å². The molecule has 0 bridgehead atoms. The number of aromatic nitrogens is 3. The highest BCUT2D eigenvalue weighted by Gasteiger charge is 2.34. The van der Waals surface area contributed by atoms with Crippen molar-refractivity contribution in [1.29, 1.82) is 0 Å². The Bertz CT molecular complexity index is 352. The van der Waals surface area contributed by atoms with Crippen LogP contribution in [0.25, 0.3) is 0 Å². The van der Waals surface area contributed by atoms with Crippen LogP contribution >= 0.6 is 0 Å². The summed E-state index contributed by atoms with van der Waals surface area (Å²) in [5.41, 5.74) is -1.17. The second-order valence-electron chi connectivity index (χ2n) is 5.44. The Morgan fingerprint density at radius 2 is 2.00 bits per heavy atom. The molecular formula is C12H24N4O. The third-order valence-corrected chi connectivity index (χ3v) is 3.35. The van der Waals surface area contributed by atoms with Gasteiger partial charge in [-0.2, -0.15) is 5.10 Å². The van der Waals surface area contributed by atoms with Crippen LogP contribution < -0.4 is 5.32 Å². The molecule has 0 atom stereocenters. The van der Waals surface area contributed by atoms with Gasteiger partial charge in [0.25, 0.3) is 0 Å². The second kappa shape index (κ2) is 5.14. The van der Waals surface area contributed by atoms with Gasteiger partial charge in [-0.3, -0.25) is 0 Å². The molecule has 0 aromatic carbocycles. The van der Waals surface area contributed by atoms with Crippen LogP contribution in [-0.2, 0) is 13.1 Å². The Labute approximate surface area is 103 Å². The van der Waals surface area contributed by atoms with Gasteiger partial charge in [0.2, 0.25) is 0 Å². The summed E-state index contributed by atoms with van der Waals surface area (Å²) in [6.45, 7) is 11.2. The molecule has 5 nitrogen and oxygen atoms in total. The van der Waals surface area contributed by atoms with Crippen LogP contribution in [0.2, 0.25) is 0 Å². The van der Waals surface area contributed by atoms with Gasteiger partial charge in [0.05, 0.1) is 12.1 Å². The molecule has 2 N–H and O–H groups in total. The highest BCUT2D eigenvalue weighted by molar-refractivity contribution is 4.95. The van der Waals surface area contributed by atoms with Crippen LogP contribution in [0.1, 0.15) is 46.9 Å². The van der Waals surface area contributed by atoms with Crippen molar-refractivity contribution in [2.24, 2.45) is 0 Å². The van der Waals surface area contributed by atoms with Crippen molar-refractivity contribution in [2.45, 2.75) is 65.3 Å². The van der Waals surface area contributed by atoms with E-state index in [1.165, 1.54) is 0 Å². The molecule has 0 saturated carbocycles. The monoisotopic (exact) mass is 240 g/mol. The van der Waals surface area contributed by atoms with Crippen LogP contribution in [0.5, 0.6) is 0 Å². The van der Waals surface area contributed by atoms with Crippen LogP contribution in [0, 0.1) is 0 Å². The maximum absolute atomic E-state index is 10.0. The van der Waals surface area contributed by atoms with Crippen molar-refractivity contribution >= 4 is 0 Å². The highest BCUT2D eigenvalue weighted by Crippen LogP contribution is 2.20. The number of nitrogens with zero attached hydrogens (tertiary/aromatic N) is 3. The summed E-state index contributed by atoms with van der Waals surface area (Å²) in [7, 11) is 0. The van der Waals surface area contributed by atoms with Gasteiger partial charge in [-0.25, -0.2) is 9.67 Å². The molecule has 0 saturated heterocycles. The predicted molar refractivity (Wildman–Crippen MR) is 67.5 cm³/mol. The maximum Gasteiger partial charge on any atom is 0.140 e. The van der Waals surface area contributed by atoms with E-state index in [2.05, 4.69) is 22.3 Å². The number of nitrogens with one attached hydrogen (secondary N) is 1. The van der Waals surface area contributed by atoms with Gasteiger partial charge in [0.1, 0.15) is 12.2 Å². The summed E-state index contributed by atoms with van der Waals surface area (Å²) in [5, 5.41) is 17.5. The van der Waals surface area contributed by atoms with Gasteiger partial charge >= 0.3 is 0 Å². The highest BCUT2D eigenvalue weighted by atomic mass is 16.3. The van der Waals surface area contributed by atoms with Gasteiger partial charge in [-0.1, -0.05) is 6.92 Å². The topological polar surface area (TPSA) is 63.0 Å². The summed E-state index contributed by atoms with van der Waals surface area (Å²) in [6.07, 6.45) is 2.61. The normalized spacial score (nSPS) is 13.1. The van der Waals surface area contributed by atoms with Gasteiger partial charge in [-0.05, 0) is 34.1 Å². The molecule has 0 amide bonds. The smallest absolute Gasteiger partial charge is 0.140 e. The third kappa shape index (κ3) is 3.51. The molecule has 1 aromatic rings. The fourth-order valence-electron chi connectivity index (χ4n) is 1.34. The lowest BCUT2D eigenvalue weighted by Gasteiger charge is -2.38. The number of hydrogen-bond donors (Lipinski definition) is 2. The van der Waals surface area contributed by atoms with E-state index in [9.17, 15) is 5.11 Å². The zero-order valence-corrected chi connectivity index (χ0v) is 11.5. The minimum atomic E-state index is -0.789. The van der Waals surface area contributed by atoms with E-state index in [4.69, 9.17) is 0 Å². The van der Waals surface area contributed by atoms with Crippen molar-refractivity contribution in [3.05, 3.63) is 12.2 Å². The quantitative estimate of drug-likeness (QED) is 0.787. The summed E-state index contributed by atoms with van der Waals surface area (Å²) in [5.74, 6) is 0.907. The van der Waals surface area contributed by atoms with Crippen molar-refractivity contribution in [1.82, 2.24) is 20.1 Å². The lowest BCUT2D eigenvalue weighted by atomic mass is 9.86. The van der Waals surface area contributed by atoms with E-state index in [1.54, 1.807) is 20.2 Å². The molecule has 1 rings (SSSR count). The van der Waals surface area contributed by atoms with E-state index >= 15 is 0 Å². The SMILES string of the molecule is CCCn1ncnc1CNC(C)(C)C(C)(C)O. The van der Waals surface area contributed by atoms with Gasteiger partial charge in [-0.15, -0.1) is 0 Å². The average molecular weight is 240 g/mol. The lowest BCUT2D eigenvalue weighted by molar-refractivity contribution is -0.00576. The predicted octanol–water partition coefficient (Wildman–Crippen LogP) is 1.33. The molecule has 17 heavy (non-hydrogen) atoms. The van der Waals surface area contributed by atoms with Crippen molar-refractivity contribution in [3.63, 3.8) is 0 Å². The zero-order chi connectivity index (χ0) is 13.1. The number of aliphatic hydroxyl groups is 1. The fraction of sp³-hybridized carbons (Fsp3) is 0.833. The van der Waals surface area contributed by atoms with Crippen LogP contribution in [0.4, 0.5) is 0 Å². The third-order valence-electron chi connectivity index (χ3n) is 3.35. The van der Waals surface area contributed by atoms with Gasteiger partial charge in [0, 0.05) is 12.1 Å². The Morgan fingerprint density at radius 3 is 2.53 bits per heavy atom. The van der Waals surface area contributed by atoms with E-state index in [-0.39, 0.29) is 5.54 Å². The first kappa shape index (κ1) is 14.1. The molecule has 98 valence electrons. The molecule has 0 aliphatic rings. The molecular weight excluding hydrogens is 216 g/mol. The molecule has 0 radical (unpaired) electrons. The summed E-state index contributed by atoms with van der Waals surface area (Å²) in [4.78, 5) is 4.23. The molecule has 0 fully saturated rings. The Hall–Kier alpha value is -0.940. The zero-order valence-electron chi connectivity index (χ0n) is 11.5. The molecule has 0 aliphatic heterocycles. The van der Waals surface area contributed by atoms with Crippen LogP contribution in [-0.4, -0.2) is 31.0 Å². The summed E-state index contributed by atoms with van der Waals surface area (Å²) < 4.78 is 1.90. The minimum absolute atomic E-state index is 0.379. The Balaban J connectivity index is 2.64. The first-order valence-corrected chi connectivity index (χ1v) is 6.12. The first-order valence-electron chi connectivity index (χ1n) is 6.12. The van der Waals surface area contributed by atoms with E-state index in [0.717, 1.165) is 18.8 Å². The standard InChI is InChI=1S/C12H24N4O/c1-6-7-16-10(13-9-15-16)8-14-11(2,3)12(4,5)17/h9,14,17H,6-8H2,1-5H3. The maximum atomic E-state index is 10.0. The average Bonchev–Trinajstić information content (AvgIpc) is 2.61. The van der Waals surface area contributed by atoms with Crippen LogP contribution in [0.3, 0.4) is 0 Å². The first-order chi connectivity index (χ1) is 7.78. The van der Waals surface area contributed by atoms with Crippen molar-refractivity contribution in [2.75, 3.05) is 0 Å². The summed E-state index contributed by atoms with van der Waals surface area (Å²) in [6, 6.07) is 0. The molecule has 0 spiro atoms. The summed E-state index contributed by atoms with van der Waals surface area (Å²) >= 11 is 0. The Morgan fingerprint density at radius 1 is 1.35 bits per heavy atom. The molecule has 0 unspecified atom stereocenters. The molecule has 0 aliphatic carbocycles. The Kier molecular flexibility index (Phi) is 4.27. The van der Waals surface area contributed by atoms with Crippen molar-refractivity contribution < 1.29 is 5.11 Å². The second-order valence-corrected chi connectivity index (χ2v) is 5.44. The largest absolute Gasteiger partial charge is 0.389 e. The van der Waals surface area contributed by atoms with Crippen LogP contribution in [0.15, 0.2) is 6.33 Å². The number of hydrogen-bond acceptors (Lipinski definition) is 4. The lowest BCUT2D eigenvalue weighted by Crippen LogP contribution is -2.55. The fourth-order valence-corrected chi connectivity index (χ4v) is 1.34. The number of rotatable bonds is 6. The number of aryl methyl sites for hydroxylation is 1.